The van der Waals surface area contributed by atoms with Gasteiger partial charge in [-0.3, -0.25) is 9.78 Å². The zero-order chi connectivity index (χ0) is 10.8. The summed E-state index contributed by atoms with van der Waals surface area (Å²) in [5.74, 6) is -1.27. The summed E-state index contributed by atoms with van der Waals surface area (Å²) in [4.78, 5) is 15.0. The molecule has 5 heteroatoms. The van der Waals surface area contributed by atoms with Crippen molar-refractivity contribution in [3.8, 4) is 0 Å². The van der Waals surface area contributed by atoms with Crippen LogP contribution in [-0.4, -0.2) is 22.7 Å². The van der Waals surface area contributed by atoms with E-state index in [1.54, 1.807) is 12.4 Å². The first-order valence-electron chi connectivity index (χ1n) is 4.63. The van der Waals surface area contributed by atoms with E-state index in [0.717, 1.165) is 10.0 Å². The highest BCUT2D eigenvalue weighted by Gasteiger charge is 2.35. The minimum absolute atomic E-state index is 0.368. The van der Waals surface area contributed by atoms with Gasteiger partial charge in [-0.25, -0.2) is 0 Å². The first-order chi connectivity index (χ1) is 7.18. The summed E-state index contributed by atoms with van der Waals surface area (Å²) < 4.78 is 6.26. The number of rotatable bonds is 2. The summed E-state index contributed by atoms with van der Waals surface area (Å²) in [5, 5.41) is 9.00. The number of carboxylic acids is 1. The molecule has 2 heterocycles. The number of pyridine rings is 1. The summed E-state index contributed by atoms with van der Waals surface area (Å²) >= 11 is 3.30. The number of hydrogen-bond donors (Lipinski definition) is 1. The Morgan fingerprint density at radius 3 is 3.07 bits per heavy atom. The van der Waals surface area contributed by atoms with E-state index in [1.807, 2.05) is 6.07 Å². The van der Waals surface area contributed by atoms with Crippen molar-refractivity contribution >= 4 is 21.9 Å². The normalized spacial score (nSPS) is 25.4. The molecule has 0 amide bonds. The Bertz CT molecular complexity index is 383. The molecule has 2 rings (SSSR count). The van der Waals surface area contributed by atoms with Crippen LogP contribution in [0, 0.1) is 5.92 Å². The van der Waals surface area contributed by atoms with Crippen LogP contribution in [0.25, 0.3) is 0 Å². The molecule has 1 aromatic heterocycles. The van der Waals surface area contributed by atoms with Gasteiger partial charge in [0.15, 0.2) is 0 Å². The van der Waals surface area contributed by atoms with E-state index in [4.69, 9.17) is 9.84 Å². The van der Waals surface area contributed by atoms with Crippen molar-refractivity contribution < 1.29 is 14.6 Å². The van der Waals surface area contributed by atoms with Crippen molar-refractivity contribution in [2.75, 3.05) is 6.61 Å². The van der Waals surface area contributed by atoms with Crippen molar-refractivity contribution in [2.24, 2.45) is 5.92 Å². The fourth-order valence-electron chi connectivity index (χ4n) is 1.75. The predicted molar refractivity (Wildman–Crippen MR) is 56.4 cm³/mol. The fraction of sp³-hybridized carbons (Fsp3) is 0.400. The minimum Gasteiger partial charge on any atom is -0.481 e. The number of carboxylic acid groups (broad SMARTS) is 1. The summed E-state index contributed by atoms with van der Waals surface area (Å²) in [5.41, 5.74) is 0.814. The number of carbonyl (C=O) groups is 1. The average molecular weight is 272 g/mol. The van der Waals surface area contributed by atoms with Gasteiger partial charge in [0.25, 0.3) is 0 Å². The summed E-state index contributed by atoms with van der Waals surface area (Å²) in [6, 6.07) is 1.85. The Hall–Kier alpha value is -0.940. The van der Waals surface area contributed by atoms with Gasteiger partial charge in [-0.05, 0) is 28.4 Å². The molecule has 0 aliphatic carbocycles. The lowest BCUT2D eigenvalue weighted by atomic mass is 9.97. The van der Waals surface area contributed by atoms with Crippen LogP contribution in [0.2, 0.25) is 0 Å². The third-order valence-corrected chi connectivity index (χ3v) is 2.90. The lowest BCUT2D eigenvalue weighted by Crippen LogP contribution is -2.17. The highest BCUT2D eigenvalue weighted by molar-refractivity contribution is 9.10. The monoisotopic (exact) mass is 271 g/mol. The van der Waals surface area contributed by atoms with Crippen molar-refractivity contribution in [1.29, 1.82) is 0 Å². The van der Waals surface area contributed by atoms with E-state index in [0.29, 0.717) is 13.0 Å². The molecule has 0 radical (unpaired) electrons. The Labute approximate surface area is 95.4 Å². The third kappa shape index (κ3) is 2.18. The Morgan fingerprint density at radius 2 is 2.40 bits per heavy atom. The third-order valence-electron chi connectivity index (χ3n) is 2.46. The zero-order valence-corrected chi connectivity index (χ0v) is 9.48. The Kier molecular flexibility index (Phi) is 3.02. The molecule has 1 saturated heterocycles. The maximum atomic E-state index is 11.0. The zero-order valence-electron chi connectivity index (χ0n) is 7.89. The maximum absolute atomic E-state index is 11.0. The smallest absolute Gasteiger partial charge is 0.309 e. The van der Waals surface area contributed by atoms with E-state index in [-0.39, 0.29) is 6.10 Å². The number of ether oxygens (including phenoxy) is 1. The molecule has 0 saturated carbocycles. The Morgan fingerprint density at radius 1 is 1.60 bits per heavy atom. The molecule has 1 aliphatic heterocycles. The summed E-state index contributed by atoms with van der Waals surface area (Å²) in [6.45, 7) is 0.494. The lowest BCUT2D eigenvalue weighted by Gasteiger charge is -2.14. The molecule has 1 fully saturated rings. The first kappa shape index (κ1) is 10.6. The van der Waals surface area contributed by atoms with Crippen molar-refractivity contribution in [2.45, 2.75) is 12.5 Å². The van der Waals surface area contributed by atoms with Crippen LogP contribution in [0.1, 0.15) is 18.1 Å². The van der Waals surface area contributed by atoms with E-state index in [2.05, 4.69) is 20.9 Å². The van der Waals surface area contributed by atoms with Crippen LogP contribution in [-0.2, 0) is 9.53 Å². The SMILES string of the molecule is O=C(O)[C@H]1CCO[C@@H]1c1cncc(Br)c1. The standard InChI is InChI=1S/C10H10BrNO3/c11-7-3-6(4-12-5-7)9-8(10(13)14)1-2-15-9/h3-5,8-9H,1-2H2,(H,13,14)/t8-,9+/m0/s1. The van der Waals surface area contributed by atoms with Crippen LogP contribution in [0.3, 0.4) is 0 Å². The van der Waals surface area contributed by atoms with Gasteiger partial charge < -0.3 is 9.84 Å². The predicted octanol–water partition coefficient (Wildman–Crippen LogP) is 2.01. The van der Waals surface area contributed by atoms with Gasteiger partial charge in [-0.2, -0.15) is 0 Å². The van der Waals surface area contributed by atoms with E-state index < -0.39 is 11.9 Å². The van der Waals surface area contributed by atoms with Crippen molar-refractivity contribution in [3.63, 3.8) is 0 Å². The molecule has 15 heavy (non-hydrogen) atoms. The van der Waals surface area contributed by atoms with Crippen molar-refractivity contribution in [1.82, 2.24) is 4.98 Å². The molecule has 1 aromatic rings. The molecule has 4 nitrogen and oxygen atoms in total. The molecule has 1 aliphatic rings. The van der Waals surface area contributed by atoms with Gasteiger partial charge in [0.1, 0.15) is 0 Å². The fourth-order valence-corrected chi connectivity index (χ4v) is 2.14. The Balaban J connectivity index is 2.26. The maximum Gasteiger partial charge on any atom is 0.309 e. The lowest BCUT2D eigenvalue weighted by molar-refractivity contribution is -0.143. The topological polar surface area (TPSA) is 59.4 Å². The molecule has 0 spiro atoms. The van der Waals surface area contributed by atoms with E-state index in [9.17, 15) is 4.79 Å². The van der Waals surface area contributed by atoms with Crippen LogP contribution < -0.4 is 0 Å². The molecule has 2 atom stereocenters. The second-order valence-corrected chi connectivity index (χ2v) is 4.38. The second kappa shape index (κ2) is 4.28. The van der Waals surface area contributed by atoms with Crippen LogP contribution in [0.15, 0.2) is 22.9 Å². The highest BCUT2D eigenvalue weighted by Crippen LogP contribution is 2.34. The number of hydrogen-bond acceptors (Lipinski definition) is 3. The van der Waals surface area contributed by atoms with Gasteiger partial charge in [-0.1, -0.05) is 0 Å². The molecule has 80 valence electrons. The van der Waals surface area contributed by atoms with Crippen LogP contribution in [0.5, 0.6) is 0 Å². The van der Waals surface area contributed by atoms with Gasteiger partial charge in [-0.15, -0.1) is 0 Å². The molecule has 1 N–H and O–H groups in total. The minimum atomic E-state index is -0.808. The van der Waals surface area contributed by atoms with E-state index in [1.165, 1.54) is 0 Å². The van der Waals surface area contributed by atoms with Gasteiger partial charge in [0.2, 0.25) is 0 Å². The first-order valence-corrected chi connectivity index (χ1v) is 5.42. The average Bonchev–Trinajstić information content (AvgIpc) is 2.65. The molecule has 0 aromatic carbocycles. The molecular weight excluding hydrogens is 262 g/mol. The number of aliphatic carboxylic acids is 1. The van der Waals surface area contributed by atoms with Gasteiger partial charge >= 0.3 is 5.97 Å². The van der Waals surface area contributed by atoms with Crippen LogP contribution in [0.4, 0.5) is 0 Å². The summed E-state index contributed by atoms with van der Waals surface area (Å²) in [6.07, 6.45) is 3.50. The number of nitrogens with zero attached hydrogens (tertiary/aromatic N) is 1. The van der Waals surface area contributed by atoms with Gasteiger partial charge in [0.05, 0.1) is 12.0 Å². The van der Waals surface area contributed by atoms with Crippen LogP contribution >= 0.6 is 15.9 Å². The summed E-state index contributed by atoms with van der Waals surface area (Å²) in [7, 11) is 0. The van der Waals surface area contributed by atoms with Crippen molar-refractivity contribution in [3.05, 3.63) is 28.5 Å². The quantitative estimate of drug-likeness (QED) is 0.894. The molecular formula is C10H10BrNO3. The molecule has 0 bridgehead atoms. The molecule has 0 unspecified atom stereocenters. The van der Waals surface area contributed by atoms with E-state index >= 15 is 0 Å². The number of aromatic nitrogens is 1. The van der Waals surface area contributed by atoms with Gasteiger partial charge in [0, 0.05) is 29.0 Å². The highest BCUT2D eigenvalue weighted by atomic mass is 79.9. The number of halogens is 1. The largest absolute Gasteiger partial charge is 0.481 e. The second-order valence-electron chi connectivity index (χ2n) is 3.46.